The van der Waals surface area contributed by atoms with Gasteiger partial charge in [0.15, 0.2) is 0 Å². The van der Waals surface area contributed by atoms with Crippen LogP contribution in [0, 0.1) is 12.7 Å². The van der Waals surface area contributed by atoms with Gasteiger partial charge in [-0.1, -0.05) is 6.42 Å². The first-order valence-electron chi connectivity index (χ1n) is 6.84. The van der Waals surface area contributed by atoms with Crippen molar-refractivity contribution < 1.29 is 12.8 Å². The molecule has 1 fully saturated rings. The third-order valence-electron chi connectivity index (χ3n) is 3.94. The first kappa shape index (κ1) is 15.3. The minimum absolute atomic E-state index is 0.0460. The van der Waals surface area contributed by atoms with Crippen LogP contribution in [0.1, 0.15) is 38.7 Å². The molecule has 20 heavy (non-hydrogen) atoms. The number of halogens is 1. The zero-order valence-electron chi connectivity index (χ0n) is 12.1. The fourth-order valence-electron chi connectivity index (χ4n) is 2.90. The van der Waals surface area contributed by atoms with E-state index in [9.17, 15) is 12.8 Å². The maximum atomic E-state index is 13.6. The predicted octanol–water partition coefficient (Wildman–Crippen LogP) is 2.67. The number of rotatable bonds is 2. The molecule has 1 aromatic carbocycles. The van der Waals surface area contributed by atoms with Crippen molar-refractivity contribution in [3.05, 3.63) is 23.5 Å². The fraction of sp³-hybridized carbons (Fsp3) is 0.571. The Morgan fingerprint density at radius 3 is 2.30 bits per heavy atom. The molecule has 4 nitrogen and oxygen atoms in total. The molecule has 112 valence electrons. The van der Waals surface area contributed by atoms with Crippen LogP contribution in [0.15, 0.2) is 17.0 Å². The SMILES string of the molecule is Cc1cc(S(=O)(=O)N2[C@H](C)CCC[C@@H]2C)cc(N)c1F. The molecule has 1 heterocycles. The first-order chi connectivity index (χ1) is 9.25. The maximum Gasteiger partial charge on any atom is 0.243 e. The van der Waals surface area contributed by atoms with E-state index >= 15 is 0 Å². The molecule has 1 aliphatic heterocycles. The second kappa shape index (κ2) is 5.33. The molecule has 0 spiro atoms. The molecule has 0 bridgehead atoms. The number of nitrogens with zero attached hydrogens (tertiary/aromatic N) is 1. The van der Waals surface area contributed by atoms with Gasteiger partial charge < -0.3 is 5.73 Å². The molecule has 0 aromatic heterocycles. The van der Waals surface area contributed by atoms with Gasteiger partial charge in [-0.25, -0.2) is 12.8 Å². The molecule has 0 amide bonds. The number of piperidine rings is 1. The van der Waals surface area contributed by atoms with E-state index in [1.54, 1.807) is 0 Å². The van der Waals surface area contributed by atoms with Gasteiger partial charge in [0.25, 0.3) is 0 Å². The summed E-state index contributed by atoms with van der Waals surface area (Å²) < 4.78 is 40.6. The number of hydrogen-bond acceptors (Lipinski definition) is 3. The van der Waals surface area contributed by atoms with Gasteiger partial charge in [-0.2, -0.15) is 4.31 Å². The third kappa shape index (κ3) is 2.54. The van der Waals surface area contributed by atoms with Crippen molar-refractivity contribution in [2.24, 2.45) is 0 Å². The van der Waals surface area contributed by atoms with Crippen molar-refractivity contribution in [1.82, 2.24) is 4.31 Å². The Bertz CT molecular complexity index is 583. The minimum atomic E-state index is -3.64. The standard InChI is InChI=1S/C14H21FN2O2S/c1-9-7-12(8-13(16)14(9)15)20(18,19)17-10(2)5-4-6-11(17)3/h7-8,10-11H,4-6,16H2,1-3H3/t10-,11+. The van der Waals surface area contributed by atoms with E-state index in [1.807, 2.05) is 13.8 Å². The summed E-state index contributed by atoms with van der Waals surface area (Å²) >= 11 is 0. The largest absolute Gasteiger partial charge is 0.396 e. The molecular formula is C14H21FN2O2S. The van der Waals surface area contributed by atoms with E-state index in [0.717, 1.165) is 19.3 Å². The lowest BCUT2D eigenvalue weighted by Crippen LogP contribution is -2.47. The summed E-state index contributed by atoms with van der Waals surface area (Å²) in [6, 6.07) is 2.48. The normalized spacial score (nSPS) is 24.8. The van der Waals surface area contributed by atoms with Gasteiger partial charge >= 0.3 is 0 Å². The molecule has 0 saturated carbocycles. The van der Waals surface area contributed by atoms with E-state index in [0.29, 0.717) is 0 Å². The summed E-state index contributed by atoms with van der Waals surface area (Å²) in [5.74, 6) is -0.552. The van der Waals surface area contributed by atoms with Crippen molar-refractivity contribution >= 4 is 15.7 Å². The Hall–Kier alpha value is -1.14. The average Bonchev–Trinajstić information content (AvgIpc) is 2.34. The van der Waals surface area contributed by atoms with Crippen LogP contribution in [0.25, 0.3) is 0 Å². The highest BCUT2D eigenvalue weighted by atomic mass is 32.2. The summed E-state index contributed by atoms with van der Waals surface area (Å²) in [7, 11) is -3.64. The number of benzene rings is 1. The van der Waals surface area contributed by atoms with Gasteiger partial charge in [0.2, 0.25) is 10.0 Å². The van der Waals surface area contributed by atoms with Gasteiger partial charge in [-0.3, -0.25) is 0 Å². The number of sulfonamides is 1. The van der Waals surface area contributed by atoms with Crippen molar-refractivity contribution in [2.45, 2.75) is 57.0 Å². The summed E-state index contributed by atoms with van der Waals surface area (Å²) in [5.41, 5.74) is 5.69. The summed E-state index contributed by atoms with van der Waals surface area (Å²) in [5, 5.41) is 0. The topological polar surface area (TPSA) is 63.4 Å². The molecule has 1 aromatic rings. The molecule has 1 saturated heterocycles. The number of nitrogen functional groups attached to an aromatic ring is 1. The molecule has 0 unspecified atom stereocenters. The van der Waals surface area contributed by atoms with Crippen LogP contribution in [0.3, 0.4) is 0 Å². The predicted molar refractivity (Wildman–Crippen MR) is 77.3 cm³/mol. The van der Waals surface area contributed by atoms with Gasteiger partial charge in [-0.15, -0.1) is 0 Å². The quantitative estimate of drug-likeness (QED) is 0.854. The monoisotopic (exact) mass is 300 g/mol. The van der Waals surface area contributed by atoms with E-state index in [2.05, 4.69) is 0 Å². The van der Waals surface area contributed by atoms with Crippen LogP contribution in [-0.2, 0) is 10.0 Å². The fourth-order valence-corrected chi connectivity index (χ4v) is 4.91. The molecule has 2 N–H and O–H groups in total. The number of aryl methyl sites for hydroxylation is 1. The van der Waals surface area contributed by atoms with Crippen LogP contribution >= 0.6 is 0 Å². The Morgan fingerprint density at radius 1 is 1.25 bits per heavy atom. The highest BCUT2D eigenvalue weighted by Crippen LogP contribution is 2.31. The zero-order valence-corrected chi connectivity index (χ0v) is 12.9. The van der Waals surface area contributed by atoms with Crippen LogP contribution in [0.5, 0.6) is 0 Å². The smallest absolute Gasteiger partial charge is 0.243 e. The Labute approximate surface area is 119 Å². The Morgan fingerprint density at radius 2 is 1.80 bits per heavy atom. The van der Waals surface area contributed by atoms with Gasteiger partial charge in [-0.05, 0) is 51.3 Å². The molecule has 2 rings (SSSR count). The number of nitrogens with two attached hydrogens (primary N) is 1. The van der Waals surface area contributed by atoms with Crippen LogP contribution in [0.2, 0.25) is 0 Å². The van der Waals surface area contributed by atoms with Crippen molar-refractivity contribution in [2.75, 3.05) is 5.73 Å². The number of hydrogen-bond donors (Lipinski definition) is 1. The molecule has 0 radical (unpaired) electrons. The molecule has 6 heteroatoms. The zero-order chi connectivity index (χ0) is 15.1. The Balaban J connectivity index is 2.49. The van der Waals surface area contributed by atoms with Crippen LogP contribution in [-0.4, -0.2) is 24.8 Å². The molecule has 1 aliphatic rings. The number of anilines is 1. The molecule has 0 aliphatic carbocycles. The average molecular weight is 300 g/mol. The molecule has 2 atom stereocenters. The highest BCUT2D eigenvalue weighted by Gasteiger charge is 2.36. The highest BCUT2D eigenvalue weighted by molar-refractivity contribution is 7.89. The first-order valence-corrected chi connectivity index (χ1v) is 8.28. The van der Waals surface area contributed by atoms with Crippen LogP contribution < -0.4 is 5.73 Å². The maximum absolute atomic E-state index is 13.6. The lowest BCUT2D eigenvalue weighted by molar-refractivity contribution is 0.204. The van der Waals surface area contributed by atoms with Gasteiger partial charge in [0.05, 0.1) is 10.6 Å². The van der Waals surface area contributed by atoms with E-state index in [4.69, 9.17) is 5.73 Å². The van der Waals surface area contributed by atoms with E-state index in [1.165, 1.54) is 23.4 Å². The van der Waals surface area contributed by atoms with Crippen molar-refractivity contribution in [3.8, 4) is 0 Å². The lowest BCUT2D eigenvalue weighted by atomic mass is 10.0. The van der Waals surface area contributed by atoms with Gasteiger partial charge in [0, 0.05) is 12.1 Å². The van der Waals surface area contributed by atoms with Crippen molar-refractivity contribution in [1.29, 1.82) is 0 Å². The second-order valence-electron chi connectivity index (χ2n) is 5.61. The van der Waals surface area contributed by atoms with E-state index < -0.39 is 15.8 Å². The minimum Gasteiger partial charge on any atom is -0.396 e. The summed E-state index contributed by atoms with van der Waals surface area (Å²) in [4.78, 5) is 0.0782. The lowest BCUT2D eigenvalue weighted by Gasteiger charge is -2.37. The second-order valence-corrected chi connectivity index (χ2v) is 7.45. The summed E-state index contributed by atoms with van der Waals surface area (Å²) in [6.45, 7) is 5.34. The molecular weight excluding hydrogens is 279 g/mol. The summed E-state index contributed by atoms with van der Waals surface area (Å²) in [6.07, 6.45) is 2.72. The Kier molecular flexibility index (Phi) is 4.07. The van der Waals surface area contributed by atoms with E-state index in [-0.39, 0.29) is 28.2 Å². The van der Waals surface area contributed by atoms with Crippen LogP contribution in [0.4, 0.5) is 10.1 Å². The van der Waals surface area contributed by atoms with Gasteiger partial charge in [0.1, 0.15) is 5.82 Å². The van der Waals surface area contributed by atoms with Crippen molar-refractivity contribution in [3.63, 3.8) is 0 Å². The third-order valence-corrected chi connectivity index (χ3v) is 6.05.